The molecule has 4 nitrogen and oxygen atoms in total. The summed E-state index contributed by atoms with van der Waals surface area (Å²) in [4.78, 5) is 12.3. The molecule has 0 aliphatic heterocycles. The molecule has 1 saturated carbocycles. The number of nitrogens with one attached hydrogen (secondary N) is 1. The molecule has 3 aromatic carbocycles. The van der Waals surface area contributed by atoms with Crippen molar-refractivity contribution in [2.75, 3.05) is 0 Å². The number of hydrogen-bond donors (Lipinski definition) is 2. The second-order valence-corrected chi connectivity index (χ2v) is 11.6. The van der Waals surface area contributed by atoms with Gasteiger partial charge in [-0.25, -0.2) is 4.79 Å². The summed E-state index contributed by atoms with van der Waals surface area (Å²) in [6.45, 7) is 5.56. The molecular weight excluding hydrogens is 454 g/mol. The van der Waals surface area contributed by atoms with Crippen molar-refractivity contribution in [1.29, 1.82) is 0 Å². The summed E-state index contributed by atoms with van der Waals surface area (Å²) in [5.74, 6) is 0. The van der Waals surface area contributed by atoms with Crippen LogP contribution >= 0.6 is 11.8 Å². The minimum Gasteiger partial charge on any atom is -0.444 e. The van der Waals surface area contributed by atoms with Crippen LogP contribution in [0, 0.1) is 0 Å². The minimum absolute atomic E-state index is 0.00676. The lowest BCUT2D eigenvalue weighted by Gasteiger charge is -2.42. The summed E-state index contributed by atoms with van der Waals surface area (Å²) in [5, 5.41) is 14.2. The van der Waals surface area contributed by atoms with Gasteiger partial charge < -0.3 is 15.2 Å². The normalized spacial score (nSPS) is 20.7. The molecule has 5 heteroatoms. The van der Waals surface area contributed by atoms with E-state index in [4.69, 9.17) is 4.74 Å². The summed E-state index contributed by atoms with van der Waals surface area (Å²) in [6.07, 6.45) is 1.12. The predicted molar refractivity (Wildman–Crippen MR) is 144 cm³/mol. The molecule has 1 amide bonds. The number of aliphatic hydroxyl groups excluding tert-OH is 1. The second-order valence-electron chi connectivity index (χ2n) is 10.2. The molecule has 35 heavy (non-hydrogen) atoms. The molecule has 1 fully saturated rings. The van der Waals surface area contributed by atoms with Crippen LogP contribution in [-0.4, -0.2) is 34.2 Å². The van der Waals surface area contributed by atoms with Gasteiger partial charge in [0, 0.05) is 11.3 Å². The van der Waals surface area contributed by atoms with Crippen molar-refractivity contribution >= 4 is 17.9 Å². The average molecular weight is 490 g/mol. The van der Waals surface area contributed by atoms with Crippen molar-refractivity contribution in [1.82, 2.24) is 5.32 Å². The monoisotopic (exact) mass is 489 g/mol. The number of thioether (sulfide) groups is 1. The lowest BCUT2D eigenvalue weighted by Crippen LogP contribution is -2.46. The first-order valence-corrected chi connectivity index (χ1v) is 13.2. The first kappa shape index (κ1) is 25.3. The molecular formula is C30H35NO3S. The van der Waals surface area contributed by atoms with E-state index in [1.165, 1.54) is 16.7 Å². The van der Waals surface area contributed by atoms with Crippen molar-refractivity contribution < 1.29 is 14.6 Å². The lowest BCUT2D eigenvalue weighted by molar-refractivity contribution is 0.0455. The van der Waals surface area contributed by atoms with Crippen LogP contribution in [0.25, 0.3) is 0 Å². The third-order valence-corrected chi connectivity index (χ3v) is 8.26. The summed E-state index contributed by atoms with van der Waals surface area (Å²) in [7, 11) is 0. The minimum atomic E-state index is -0.552. The summed E-state index contributed by atoms with van der Waals surface area (Å²) >= 11 is 1.82. The highest BCUT2D eigenvalue weighted by atomic mass is 32.2. The maximum absolute atomic E-state index is 12.3. The highest BCUT2D eigenvalue weighted by Crippen LogP contribution is 2.52. The average Bonchev–Trinajstić information content (AvgIpc) is 2.84. The number of carbonyl (C=O) groups excluding carboxylic acids is 1. The van der Waals surface area contributed by atoms with E-state index < -0.39 is 22.5 Å². The smallest absolute Gasteiger partial charge is 0.407 e. The van der Waals surface area contributed by atoms with Gasteiger partial charge in [-0.2, -0.15) is 0 Å². The van der Waals surface area contributed by atoms with Crippen LogP contribution in [0.15, 0.2) is 91.0 Å². The SMILES string of the molecule is CC(C)(C)OC(=O)NC1CCC(SC(c2ccccc2)(c2ccccc2)c2ccccc2)C(O)C1. The Morgan fingerprint density at radius 2 is 1.29 bits per heavy atom. The van der Waals surface area contributed by atoms with Gasteiger partial charge in [0.15, 0.2) is 0 Å². The van der Waals surface area contributed by atoms with E-state index in [-0.39, 0.29) is 11.3 Å². The number of ether oxygens (including phenoxy) is 1. The number of amides is 1. The van der Waals surface area contributed by atoms with Crippen LogP contribution < -0.4 is 5.32 Å². The predicted octanol–water partition coefficient (Wildman–Crippen LogP) is 6.52. The summed E-state index contributed by atoms with van der Waals surface area (Å²) < 4.78 is 4.95. The molecule has 184 valence electrons. The number of hydrogen-bond acceptors (Lipinski definition) is 4. The highest BCUT2D eigenvalue weighted by Gasteiger charge is 2.42. The van der Waals surface area contributed by atoms with E-state index in [0.29, 0.717) is 6.42 Å². The van der Waals surface area contributed by atoms with Gasteiger partial charge in [0.1, 0.15) is 5.60 Å². The van der Waals surface area contributed by atoms with E-state index >= 15 is 0 Å². The third kappa shape index (κ3) is 6.09. The molecule has 2 N–H and O–H groups in total. The van der Waals surface area contributed by atoms with Gasteiger partial charge in [-0.1, -0.05) is 91.0 Å². The second kappa shape index (κ2) is 10.9. The Morgan fingerprint density at radius 3 is 1.69 bits per heavy atom. The zero-order chi connectivity index (χ0) is 24.9. The zero-order valence-corrected chi connectivity index (χ0v) is 21.5. The number of alkyl carbamates (subject to hydrolysis) is 1. The Morgan fingerprint density at radius 1 is 0.829 bits per heavy atom. The van der Waals surface area contributed by atoms with Crippen LogP contribution in [0.4, 0.5) is 4.79 Å². The van der Waals surface area contributed by atoms with Gasteiger partial charge >= 0.3 is 6.09 Å². The topological polar surface area (TPSA) is 58.6 Å². The first-order chi connectivity index (χ1) is 16.8. The molecule has 4 rings (SSSR count). The Hall–Kier alpha value is -2.76. The van der Waals surface area contributed by atoms with Crippen molar-refractivity contribution in [2.45, 2.75) is 67.8 Å². The first-order valence-electron chi connectivity index (χ1n) is 12.3. The van der Waals surface area contributed by atoms with E-state index in [2.05, 4.69) is 78.1 Å². The fraction of sp³-hybridized carbons (Fsp3) is 0.367. The van der Waals surface area contributed by atoms with Crippen LogP contribution in [0.2, 0.25) is 0 Å². The maximum atomic E-state index is 12.3. The number of rotatable bonds is 6. The maximum Gasteiger partial charge on any atom is 0.407 e. The van der Waals surface area contributed by atoms with E-state index in [1.54, 1.807) is 0 Å². The van der Waals surface area contributed by atoms with Crippen LogP contribution in [0.5, 0.6) is 0 Å². The Balaban J connectivity index is 1.63. The van der Waals surface area contributed by atoms with Gasteiger partial charge in [0.25, 0.3) is 0 Å². The van der Waals surface area contributed by atoms with Gasteiger partial charge in [0.2, 0.25) is 0 Å². The Labute approximate surface area is 213 Å². The molecule has 3 aromatic rings. The summed E-state index contributed by atoms with van der Waals surface area (Å²) in [5.41, 5.74) is 3.01. The lowest BCUT2D eigenvalue weighted by atomic mass is 9.84. The quantitative estimate of drug-likeness (QED) is 0.387. The molecule has 1 aliphatic rings. The molecule has 0 aromatic heterocycles. The van der Waals surface area contributed by atoms with Crippen molar-refractivity contribution in [3.8, 4) is 0 Å². The number of carbonyl (C=O) groups is 1. The van der Waals surface area contributed by atoms with E-state index in [9.17, 15) is 9.90 Å². The van der Waals surface area contributed by atoms with Crippen molar-refractivity contribution in [3.63, 3.8) is 0 Å². The summed E-state index contributed by atoms with van der Waals surface area (Å²) in [6, 6.07) is 31.5. The molecule has 0 saturated heterocycles. The molecule has 0 radical (unpaired) electrons. The van der Waals surface area contributed by atoms with Gasteiger partial charge in [-0.15, -0.1) is 11.8 Å². The van der Waals surface area contributed by atoms with Gasteiger partial charge in [0.05, 0.1) is 10.9 Å². The molecule has 0 spiro atoms. The van der Waals surface area contributed by atoms with Crippen LogP contribution in [0.3, 0.4) is 0 Å². The van der Waals surface area contributed by atoms with Gasteiger partial charge in [-0.05, 0) is 56.7 Å². The van der Waals surface area contributed by atoms with E-state index in [1.807, 2.05) is 50.7 Å². The number of aliphatic hydroxyl groups is 1. The fourth-order valence-electron chi connectivity index (χ4n) is 4.81. The molecule has 0 heterocycles. The number of benzene rings is 3. The third-order valence-electron chi connectivity index (χ3n) is 6.34. The standard InChI is InChI=1S/C30H35NO3S/c1-29(2,3)34-28(33)31-25-19-20-27(26(32)21-25)35-30(22-13-7-4-8-14-22,23-15-9-5-10-16-23)24-17-11-6-12-18-24/h4-18,25-27,32H,19-21H2,1-3H3,(H,31,33). The molecule has 3 atom stereocenters. The van der Waals surface area contributed by atoms with Crippen LogP contribution in [-0.2, 0) is 9.48 Å². The highest BCUT2D eigenvalue weighted by molar-refractivity contribution is 8.01. The molecule has 1 aliphatic carbocycles. The largest absolute Gasteiger partial charge is 0.444 e. The zero-order valence-electron chi connectivity index (χ0n) is 20.7. The molecule has 0 bridgehead atoms. The Kier molecular flexibility index (Phi) is 7.88. The van der Waals surface area contributed by atoms with E-state index in [0.717, 1.165) is 12.8 Å². The molecule has 3 unspecified atom stereocenters. The van der Waals surface area contributed by atoms with Gasteiger partial charge in [-0.3, -0.25) is 0 Å². The van der Waals surface area contributed by atoms with Crippen molar-refractivity contribution in [2.24, 2.45) is 0 Å². The fourth-order valence-corrected chi connectivity index (χ4v) is 6.60. The van der Waals surface area contributed by atoms with Crippen molar-refractivity contribution in [3.05, 3.63) is 108 Å². The van der Waals surface area contributed by atoms with Crippen LogP contribution in [0.1, 0.15) is 56.7 Å². The Bertz CT molecular complexity index is 986.